The predicted molar refractivity (Wildman–Crippen MR) is 100 cm³/mol. The number of carbonyl (C=O) groups excluding carboxylic acids is 1. The highest BCUT2D eigenvalue weighted by Crippen LogP contribution is 2.15. The van der Waals surface area contributed by atoms with Crippen LogP contribution in [0.5, 0.6) is 0 Å². The standard InChI is InChI=1S/C19H21N5O3/c25-18(12-23-13-20-17-7-2-1-6-16(17)19(23)26)22-14-9-21-24(10-14)11-15-5-3-4-8-27-15/h1-2,6-7,9-10,13,15H,3-5,8,11-12H2,(H,22,25)/t15-/m0/s1. The molecular weight excluding hydrogens is 346 g/mol. The molecule has 8 heteroatoms. The van der Waals surface area contributed by atoms with E-state index >= 15 is 0 Å². The summed E-state index contributed by atoms with van der Waals surface area (Å²) in [6.45, 7) is 1.36. The van der Waals surface area contributed by atoms with Gasteiger partial charge in [0, 0.05) is 12.8 Å². The number of hydrogen-bond acceptors (Lipinski definition) is 5. The van der Waals surface area contributed by atoms with E-state index in [-0.39, 0.29) is 24.1 Å². The third kappa shape index (κ3) is 4.06. The lowest BCUT2D eigenvalue weighted by Crippen LogP contribution is -2.27. The molecule has 1 aromatic carbocycles. The summed E-state index contributed by atoms with van der Waals surface area (Å²) in [5.41, 5.74) is 0.976. The molecule has 4 rings (SSSR count). The van der Waals surface area contributed by atoms with E-state index in [0.717, 1.165) is 19.4 Å². The number of rotatable bonds is 5. The number of nitrogens with one attached hydrogen (secondary N) is 1. The molecule has 1 N–H and O–H groups in total. The first-order valence-electron chi connectivity index (χ1n) is 9.07. The van der Waals surface area contributed by atoms with Crippen molar-refractivity contribution >= 4 is 22.5 Å². The van der Waals surface area contributed by atoms with Gasteiger partial charge in [-0.15, -0.1) is 0 Å². The van der Waals surface area contributed by atoms with Gasteiger partial charge < -0.3 is 10.1 Å². The van der Waals surface area contributed by atoms with Crippen molar-refractivity contribution in [1.82, 2.24) is 19.3 Å². The number of aromatic nitrogens is 4. The lowest BCUT2D eigenvalue weighted by molar-refractivity contribution is -0.116. The van der Waals surface area contributed by atoms with Crippen molar-refractivity contribution in [2.45, 2.75) is 38.5 Å². The normalized spacial score (nSPS) is 17.1. The maximum Gasteiger partial charge on any atom is 0.261 e. The van der Waals surface area contributed by atoms with Crippen LogP contribution in [0.15, 0.2) is 47.8 Å². The molecule has 1 amide bonds. The number of benzene rings is 1. The van der Waals surface area contributed by atoms with Gasteiger partial charge in [-0.1, -0.05) is 12.1 Å². The maximum atomic E-state index is 12.5. The van der Waals surface area contributed by atoms with Crippen LogP contribution in [0.2, 0.25) is 0 Å². The average molecular weight is 367 g/mol. The minimum atomic E-state index is -0.303. The van der Waals surface area contributed by atoms with E-state index in [9.17, 15) is 9.59 Å². The average Bonchev–Trinajstić information content (AvgIpc) is 3.11. The Balaban J connectivity index is 1.40. The number of hydrogen-bond donors (Lipinski definition) is 1. The van der Waals surface area contributed by atoms with Crippen molar-refractivity contribution in [3.8, 4) is 0 Å². The quantitative estimate of drug-likeness (QED) is 0.742. The molecule has 1 aliphatic heterocycles. The van der Waals surface area contributed by atoms with Crippen LogP contribution in [0.25, 0.3) is 10.9 Å². The molecule has 1 atom stereocenters. The van der Waals surface area contributed by atoms with E-state index in [1.165, 1.54) is 17.3 Å². The van der Waals surface area contributed by atoms with Crippen molar-refractivity contribution in [1.29, 1.82) is 0 Å². The summed E-state index contributed by atoms with van der Waals surface area (Å²) in [5.74, 6) is -0.303. The van der Waals surface area contributed by atoms with Gasteiger partial charge in [-0.3, -0.25) is 18.8 Å². The van der Waals surface area contributed by atoms with Crippen LogP contribution in [-0.4, -0.2) is 37.9 Å². The SMILES string of the molecule is O=C(Cn1cnc2ccccc2c1=O)Nc1cnn(C[C@@H]2CCCCO2)c1. The number of anilines is 1. The molecule has 1 aliphatic rings. The van der Waals surface area contributed by atoms with Gasteiger partial charge in [-0.25, -0.2) is 4.98 Å². The number of para-hydroxylation sites is 1. The number of carbonyl (C=O) groups is 1. The van der Waals surface area contributed by atoms with Gasteiger partial charge in [0.05, 0.1) is 41.8 Å². The Labute approximate surface area is 155 Å². The minimum absolute atomic E-state index is 0.104. The van der Waals surface area contributed by atoms with Crippen molar-refractivity contribution in [2.75, 3.05) is 11.9 Å². The van der Waals surface area contributed by atoms with E-state index in [2.05, 4.69) is 15.4 Å². The molecule has 8 nitrogen and oxygen atoms in total. The zero-order valence-corrected chi connectivity index (χ0v) is 14.9. The lowest BCUT2D eigenvalue weighted by atomic mass is 10.1. The third-order valence-corrected chi connectivity index (χ3v) is 4.63. The molecule has 1 fully saturated rings. The van der Waals surface area contributed by atoms with Crippen molar-refractivity contribution < 1.29 is 9.53 Å². The second-order valence-electron chi connectivity index (χ2n) is 6.68. The molecule has 0 aliphatic carbocycles. The molecule has 0 radical (unpaired) electrons. The zero-order valence-electron chi connectivity index (χ0n) is 14.9. The molecule has 2 aromatic heterocycles. The second kappa shape index (κ2) is 7.71. The molecule has 0 spiro atoms. The van der Waals surface area contributed by atoms with Crippen LogP contribution >= 0.6 is 0 Å². The molecule has 0 unspecified atom stereocenters. The van der Waals surface area contributed by atoms with Gasteiger partial charge in [0.25, 0.3) is 5.56 Å². The van der Waals surface area contributed by atoms with Crippen LogP contribution in [0, 0.1) is 0 Å². The van der Waals surface area contributed by atoms with E-state index in [4.69, 9.17) is 4.74 Å². The van der Waals surface area contributed by atoms with E-state index in [0.29, 0.717) is 23.1 Å². The summed E-state index contributed by atoms with van der Waals surface area (Å²) < 4.78 is 8.78. The Hall–Kier alpha value is -3.00. The molecule has 140 valence electrons. The predicted octanol–water partition coefficient (Wildman–Crippen LogP) is 1.80. The summed E-state index contributed by atoms with van der Waals surface area (Å²) in [5, 5.41) is 7.54. The molecule has 3 heterocycles. The first kappa shape index (κ1) is 17.4. The summed E-state index contributed by atoms with van der Waals surface area (Å²) >= 11 is 0. The number of nitrogens with zero attached hydrogens (tertiary/aromatic N) is 4. The van der Waals surface area contributed by atoms with E-state index in [1.807, 2.05) is 6.07 Å². The minimum Gasteiger partial charge on any atom is -0.376 e. The van der Waals surface area contributed by atoms with Crippen molar-refractivity contribution in [3.63, 3.8) is 0 Å². The van der Waals surface area contributed by atoms with Gasteiger partial charge >= 0.3 is 0 Å². The Kier molecular flexibility index (Phi) is 4.97. The second-order valence-corrected chi connectivity index (χ2v) is 6.68. The summed E-state index contributed by atoms with van der Waals surface area (Å²) in [4.78, 5) is 29.0. The van der Waals surface area contributed by atoms with Gasteiger partial charge in [0.1, 0.15) is 6.54 Å². The summed E-state index contributed by atoms with van der Waals surface area (Å²) in [6.07, 6.45) is 8.25. The molecule has 27 heavy (non-hydrogen) atoms. The van der Waals surface area contributed by atoms with Crippen LogP contribution < -0.4 is 10.9 Å². The molecule has 3 aromatic rings. The van der Waals surface area contributed by atoms with Gasteiger partial charge in [0.15, 0.2) is 0 Å². The van der Waals surface area contributed by atoms with Crippen LogP contribution in [-0.2, 0) is 22.6 Å². The Morgan fingerprint density at radius 2 is 2.19 bits per heavy atom. The highest BCUT2D eigenvalue weighted by molar-refractivity contribution is 5.90. The first-order chi connectivity index (χ1) is 13.2. The highest BCUT2D eigenvalue weighted by Gasteiger charge is 2.15. The lowest BCUT2D eigenvalue weighted by Gasteiger charge is -2.22. The number of ether oxygens (including phenoxy) is 1. The van der Waals surface area contributed by atoms with Gasteiger partial charge in [-0.2, -0.15) is 5.10 Å². The highest BCUT2D eigenvalue weighted by atomic mass is 16.5. The number of fused-ring (bicyclic) bond motifs is 1. The molecule has 0 saturated carbocycles. The van der Waals surface area contributed by atoms with Gasteiger partial charge in [-0.05, 0) is 31.4 Å². The Bertz CT molecular complexity index is 1000. The summed E-state index contributed by atoms with van der Waals surface area (Å²) in [6, 6.07) is 7.07. The fourth-order valence-electron chi connectivity index (χ4n) is 3.26. The topological polar surface area (TPSA) is 91.0 Å². The smallest absolute Gasteiger partial charge is 0.261 e. The van der Waals surface area contributed by atoms with Crippen molar-refractivity contribution in [2.24, 2.45) is 0 Å². The van der Waals surface area contributed by atoms with Crippen molar-refractivity contribution in [3.05, 3.63) is 53.3 Å². The monoisotopic (exact) mass is 367 g/mol. The number of amides is 1. The van der Waals surface area contributed by atoms with Crippen LogP contribution in [0.1, 0.15) is 19.3 Å². The zero-order chi connectivity index (χ0) is 18.6. The first-order valence-corrected chi connectivity index (χ1v) is 9.07. The fraction of sp³-hybridized carbons (Fsp3) is 0.368. The fourth-order valence-corrected chi connectivity index (χ4v) is 3.26. The van der Waals surface area contributed by atoms with E-state index in [1.54, 1.807) is 35.3 Å². The van der Waals surface area contributed by atoms with Crippen LogP contribution in [0.3, 0.4) is 0 Å². The van der Waals surface area contributed by atoms with Gasteiger partial charge in [0.2, 0.25) is 5.91 Å². The Morgan fingerprint density at radius 1 is 1.30 bits per heavy atom. The third-order valence-electron chi connectivity index (χ3n) is 4.63. The molecule has 1 saturated heterocycles. The molecule has 0 bridgehead atoms. The maximum absolute atomic E-state index is 12.5. The largest absolute Gasteiger partial charge is 0.376 e. The Morgan fingerprint density at radius 3 is 3.04 bits per heavy atom. The molecular formula is C19H21N5O3. The summed E-state index contributed by atoms with van der Waals surface area (Å²) in [7, 11) is 0. The van der Waals surface area contributed by atoms with Crippen LogP contribution in [0.4, 0.5) is 5.69 Å². The van der Waals surface area contributed by atoms with E-state index < -0.39 is 0 Å².